The standard InChI is InChI=1S/C15H26O3.C8H5NO2/c1-4-13-9-12(3)15(16,10-13)18-17-14-7-5-11(2)6-8-14;10-7-5-3-1-2-4-6(5)8(11)9-7/h10-12,14,16H,4-9H2,1-3H3;1-4H,(H,9,10,11). The van der Waals surface area contributed by atoms with Crippen molar-refractivity contribution in [1.82, 2.24) is 5.32 Å². The molecular formula is C23H31NO5. The lowest BCUT2D eigenvalue weighted by molar-refractivity contribution is -0.432. The third-order valence-electron chi connectivity index (χ3n) is 6.06. The second kappa shape index (κ2) is 9.20. The van der Waals surface area contributed by atoms with E-state index in [0.29, 0.717) is 11.1 Å². The van der Waals surface area contributed by atoms with Gasteiger partial charge in [-0.05, 0) is 62.7 Å². The molecule has 3 aliphatic rings. The van der Waals surface area contributed by atoms with Crippen LogP contribution in [0.15, 0.2) is 35.9 Å². The summed E-state index contributed by atoms with van der Waals surface area (Å²) in [4.78, 5) is 32.8. The Morgan fingerprint density at radius 1 is 1.07 bits per heavy atom. The summed E-state index contributed by atoms with van der Waals surface area (Å²) in [5.74, 6) is -0.940. The molecule has 1 saturated carbocycles. The lowest BCUT2D eigenvalue weighted by atomic mass is 9.89. The predicted octanol–water partition coefficient (Wildman–Crippen LogP) is 4.15. The van der Waals surface area contributed by atoms with Crippen LogP contribution in [0.2, 0.25) is 0 Å². The van der Waals surface area contributed by atoms with Crippen LogP contribution < -0.4 is 5.32 Å². The molecule has 1 aromatic rings. The van der Waals surface area contributed by atoms with Crippen LogP contribution in [0.3, 0.4) is 0 Å². The van der Waals surface area contributed by atoms with Gasteiger partial charge in [-0.2, -0.15) is 4.89 Å². The third-order valence-corrected chi connectivity index (χ3v) is 6.06. The number of hydrogen-bond acceptors (Lipinski definition) is 5. The summed E-state index contributed by atoms with van der Waals surface area (Å²) in [6, 6.07) is 6.74. The monoisotopic (exact) mass is 401 g/mol. The Hall–Kier alpha value is -2.02. The van der Waals surface area contributed by atoms with Crippen LogP contribution in [0.1, 0.15) is 80.0 Å². The topological polar surface area (TPSA) is 84.9 Å². The van der Waals surface area contributed by atoms with Gasteiger partial charge in [0.2, 0.25) is 5.79 Å². The Morgan fingerprint density at radius 2 is 1.66 bits per heavy atom. The number of aliphatic hydroxyl groups is 1. The van der Waals surface area contributed by atoms with Gasteiger partial charge in [-0.15, -0.1) is 0 Å². The largest absolute Gasteiger partial charge is 0.360 e. The normalized spacial score (nSPS) is 30.9. The SMILES string of the molecule is CCC1=CC(O)(OOC2CCC(C)CC2)C(C)C1.O=C1NC(=O)c2ccccc21. The Morgan fingerprint density at radius 3 is 2.17 bits per heavy atom. The van der Waals surface area contributed by atoms with Crippen LogP contribution in [0, 0.1) is 11.8 Å². The first kappa shape index (κ1) is 21.7. The summed E-state index contributed by atoms with van der Waals surface area (Å²) >= 11 is 0. The first-order valence-electron chi connectivity index (χ1n) is 10.5. The molecule has 2 aliphatic carbocycles. The fourth-order valence-corrected chi connectivity index (χ4v) is 3.97. The summed E-state index contributed by atoms with van der Waals surface area (Å²) in [5.41, 5.74) is 2.20. The van der Waals surface area contributed by atoms with Gasteiger partial charge in [0, 0.05) is 5.92 Å². The molecule has 0 bridgehead atoms. The van der Waals surface area contributed by atoms with Gasteiger partial charge in [-0.1, -0.05) is 38.5 Å². The number of fused-ring (bicyclic) bond motifs is 1. The summed E-state index contributed by atoms with van der Waals surface area (Å²) in [5, 5.41) is 12.6. The van der Waals surface area contributed by atoms with Gasteiger partial charge in [0.05, 0.1) is 17.2 Å². The molecule has 2 unspecified atom stereocenters. The van der Waals surface area contributed by atoms with E-state index in [-0.39, 0.29) is 23.8 Å². The number of benzene rings is 1. The van der Waals surface area contributed by atoms with Gasteiger partial charge in [-0.3, -0.25) is 14.9 Å². The van der Waals surface area contributed by atoms with Gasteiger partial charge < -0.3 is 5.11 Å². The maximum Gasteiger partial charge on any atom is 0.258 e. The highest BCUT2D eigenvalue weighted by Crippen LogP contribution is 2.37. The van der Waals surface area contributed by atoms with Crippen molar-refractivity contribution in [3.05, 3.63) is 47.0 Å². The molecule has 4 rings (SSSR count). The van der Waals surface area contributed by atoms with Crippen LogP contribution in [0.4, 0.5) is 0 Å². The molecule has 2 N–H and O–H groups in total. The number of allylic oxidation sites excluding steroid dienone is 1. The summed E-state index contributed by atoms with van der Waals surface area (Å²) < 4.78 is 0. The second-order valence-electron chi connectivity index (χ2n) is 8.40. The van der Waals surface area contributed by atoms with Crippen molar-refractivity contribution in [1.29, 1.82) is 0 Å². The molecule has 2 atom stereocenters. The van der Waals surface area contributed by atoms with Crippen molar-refractivity contribution in [3.8, 4) is 0 Å². The van der Waals surface area contributed by atoms with E-state index in [1.807, 2.05) is 13.0 Å². The molecule has 2 amide bonds. The number of carbonyl (C=O) groups is 2. The Kier molecular flexibility index (Phi) is 6.88. The van der Waals surface area contributed by atoms with Crippen molar-refractivity contribution in [3.63, 3.8) is 0 Å². The molecule has 0 radical (unpaired) electrons. The van der Waals surface area contributed by atoms with E-state index in [4.69, 9.17) is 9.78 Å². The molecule has 6 heteroatoms. The minimum absolute atomic E-state index is 0.0787. The fraction of sp³-hybridized carbons (Fsp3) is 0.565. The maximum absolute atomic E-state index is 10.9. The smallest absolute Gasteiger partial charge is 0.258 e. The molecule has 6 nitrogen and oxygen atoms in total. The van der Waals surface area contributed by atoms with Crippen molar-refractivity contribution < 1.29 is 24.5 Å². The zero-order chi connectivity index (χ0) is 21.0. The first-order chi connectivity index (χ1) is 13.8. The number of amides is 2. The van der Waals surface area contributed by atoms with E-state index in [0.717, 1.165) is 31.6 Å². The molecule has 0 aromatic heterocycles. The van der Waals surface area contributed by atoms with Crippen LogP contribution in [0.5, 0.6) is 0 Å². The van der Waals surface area contributed by atoms with Crippen LogP contribution in [0.25, 0.3) is 0 Å². The zero-order valence-electron chi connectivity index (χ0n) is 17.4. The lowest BCUT2D eigenvalue weighted by Gasteiger charge is -2.30. The molecular weight excluding hydrogens is 370 g/mol. The van der Waals surface area contributed by atoms with E-state index < -0.39 is 5.79 Å². The van der Waals surface area contributed by atoms with Crippen molar-refractivity contribution in [2.24, 2.45) is 11.8 Å². The quantitative estimate of drug-likeness (QED) is 0.260. The van der Waals surface area contributed by atoms with Gasteiger partial charge in [0.1, 0.15) is 0 Å². The minimum Gasteiger partial charge on any atom is -0.360 e. The molecule has 1 fully saturated rings. The molecule has 1 aromatic carbocycles. The summed E-state index contributed by atoms with van der Waals surface area (Å²) in [6.07, 6.45) is 8.32. The zero-order valence-corrected chi connectivity index (χ0v) is 17.4. The fourth-order valence-electron chi connectivity index (χ4n) is 3.97. The molecule has 1 heterocycles. The van der Waals surface area contributed by atoms with Crippen LogP contribution in [-0.2, 0) is 9.78 Å². The van der Waals surface area contributed by atoms with E-state index >= 15 is 0 Å². The maximum atomic E-state index is 10.9. The number of imide groups is 1. The van der Waals surface area contributed by atoms with Crippen molar-refractivity contribution in [2.45, 2.75) is 71.2 Å². The lowest BCUT2D eigenvalue weighted by Crippen LogP contribution is -2.36. The highest BCUT2D eigenvalue weighted by atomic mass is 17.2. The number of carbonyl (C=O) groups excluding carboxylic acids is 2. The summed E-state index contributed by atoms with van der Waals surface area (Å²) in [6.45, 7) is 6.39. The van der Waals surface area contributed by atoms with Gasteiger partial charge in [-0.25, -0.2) is 4.89 Å². The van der Waals surface area contributed by atoms with Gasteiger partial charge in [0.15, 0.2) is 0 Å². The Labute approximate surface area is 172 Å². The highest BCUT2D eigenvalue weighted by Gasteiger charge is 2.40. The predicted molar refractivity (Wildman–Crippen MR) is 109 cm³/mol. The molecule has 0 saturated heterocycles. The highest BCUT2D eigenvalue weighted by molar-refractivity contribution is 6.21. The van der Waals surface area contributed by atoms with Gasteiger partial charge >= 0.3 is 0 Å². The molecule has 29 heavy (non-hydrogen) atoms. The number of nitrogens with one attached hydrogen (secondary N) is 1. The van der Waals surface area contributed by atoms with E-state index in [1.54, 1.807) is 24.3 Å². The Balaban J connectivity index is 0.000000186. The van der Waals surface area contributed by atoms with E-state index in [2.05, 4.69) is 19.2 Å². The Bertz CT molecular complexity index is 748. The summed E-state index contributed by atoms with van der Waals surface area (Å²) in [7, 11) is 0. The van der Waals surface area contributed by atoms with Crippen molar-refractivity contribution >= 4 is 11.8 Å². The van der Waals surface area contributed by atoms with E-state index in [9.17, 15) is 14.7 Å². The number of rotatable bonds is 4. The molecule has 1 aliphatic heterocycles. The average Bonchev–Trinajstić information content (AvgIpc) is 3.18. The first-order valence-corrected chi connectivity index (χ1v) is 10.5. The van der Waals surface area contributed by atoms with Crippen molar-refractivity contribution in [2.75, 3.05) is 0 Å². The molecule has 158 valence electrons. The van der Waals surface area contributed by atoms with Gasteiger partial charge in [0.25, 0.3) is 11.8 Å². The second-order valence-corrected chi connectivity index (χ2v) is 8.40. The minimum atomic E-state index is -1.21. The van der Waals surface area contributed by atoms with E-state index in [1.165, 1.54) is 18.4 Å². The average molecular weight is 402 g/mol. The van der Waals surface area contributed by atoms with Crippen LogP contribution >= 0.6 is 0 Å². The number of hydrogen-bond donors (Lipinski definition) is 2. The van der Waals surface area contributed by atoms with Crippen LogP contribution in [-0.4, -0.2) is 28.8 Å². The molecule has 0 spiro atoms. The third kappa shape index (κ3) is 5.13.